The number of fused-ring (bicyclic) bond motifs is 1. The Bertz CT molecular complexity index is 684. The highest BCUT2D eigenvalue weighted by atomic mass is 16.6. The Morgan fingerprint density at radius 2 is 1.97 bits per heavy atom. The van der Waals surface area contributed by atoms with Crippen molar-refractivity contribution in [3.05, 3.63) is 23.8 Å². The number of amides is 1. The summed E-state index contributed by atoms with van der Waals surface area (Å²) in [5, 5.41) is 24.0. The van der Waals surface area contributed by atoms with E-state index < -0.39 is 12.1 Å². The summed E-state index contributed by atoms with van der Waals surface area (Å²) >= 11 is 0. The Morgan fingerprint density at radius 1 is 1.20 bits per heavy atom. The lowest BCUT2D eigenvalue weighted by Gasteiger charge is -2.29. The van der Waals surface area contributed by atoms with Crippen molar-refractivity contribution in [2.75, 3.05) is 32.8 Å². The van der Waals surface area contributed by atoms with Crippen LogP contribution in [0.5, 0.6) is 11.5 Å². The summed E-state index contributed by atoms with van der Waals surface area (Å²) in [4.78, 5) is 14.7. The third-order valence-corrected chi connectivity index (χ3v) is 5.85. The van der Waals surface area contributed by atoms with Crippen LogP contribution < -0.4 is 14.8 Å². The van der Waals surface area contributed by atoms with Gasteiger partial charge in [0.05, 0.1) is 12.1 Å². The van der Waals surface area contributed by atoms with Gasteiger partial charge in [-0.2, -0.15) is 0 Å². The molecule has 30 heavy (non-hydrogen) atoms. The zero-order valence-electron chi connectivity index (χ0n) is 18.0. The predicted molar refractivity (Wildman–Crippen MR) is 115 cm³/mol. The number of aliphatic hydroxyl groups is 2. The number of β-amino-alcohol motifs (C(OH)–C–C–N with tert-alkyl or cyclic N) is 1. The van der Waals surface area contributed by atoms with Crippen molar-refractivity contribution in [2.45, 2.75) is 70.1 Å². The maximum Gasteiger partial charge on any atom is 0.220 e. The predicted octanol–water partition coefficient (Wildman–Crippen LogP) is 2.40. The molecule has 168 valence electrons. The molecule has 0 radical (unpaired) electrons. The number of hydrogen-bond donors (Lipinski definition) is 3. The van der Waals surface area contributed by atoms with E-state index in [0.717, 1.165) is 32.2 Å². The first-order chi connectivity index (χ1) is 14.6. The lowest BCUT2D eigenvalue weighted by Crippen LogP contribution is -2.47. The van der Waals surface area contributed by atoms with Crippen LogP contribution in [0.1, 0.15) is 63.5 Å². The summed E-state index contributed by atoms with van der Waals surface area (Å²) in [5.41, 5.74) is 0.687. The van der Waals surface area contributed by atoms with Crippen LogP contribution >= 0.6 is 0 Å². The molecule has 0 saturated carbocycles. The summed E-state index contributed by atoms with van der Waals surface area (Å²) in [7, 11) is 0. The molecule has 0 aliphatic carbocycles. The Labute approximate surface area is 179 Å². The van der Waals surface area contributed by atoms with Crippen molar-refractivity contribution in [1.29, 1.82) is 0 Å². The fourth-order valence-corrected chi connectivity index (χ4v) is 4.12. The second kappa shape index (κ2) is 11.5. The van der Waals surface area contributed by atoms with Gasteiger partial charge in [-0.25, -0.2) is 0 Å². The number of nitrogens with one attached hydrogen (secondary N) is 1. The van der Waals surface area contributed by atoms with Crippen molar-refractivity contribution in [2.24, 2.45) is 0 Å². The van der Waals surface area contributed by atoms with Crippen LogP contribution in [0.4, 0.5) is 0 Å². The Morgan fingerprint density at radius 3 is 2.70 bits per heavy atom. The van der Waals surface area contributed by atoms with Crippen molar-refractivity contribution in [3.8, 4) is 11.5 Å². The Hall–Kier alpha value is -1.83. The van der Waals surface area contributed by atoms with Gasteiger partial charge in [0.25, 0.3) is 0 Å². The van der Waals surface area contributed by atoms with E-state index in [1.54, 1.807) is 12.1 Å². The molecule has 3 atom stereocenters. The molecule has 1 amide bonds. The Kier molecular flexibility index (Phi) is 8.78. The van der Waals surface area contributed by atoms with E-state index in [4.69, 9.17) is 9.47 Å². The number of benzene rings is 1. The van der Waals surface area contributed by atoms with E-state index in [9.17, 15) is 15.0 Å². The first-order valence-corrected chi connectivity index (χ1v) is 11.3. The molecular weight excluding hydrogens is 384 g/mol. The first-order valence-electron chi connectivity index (χ1n) is 11.3. The van der Waals surface area contributed by atoms with Gasteiger partial charge in [0.15, 0.2) is 11.5 Å². The summed E-state index contributed by atoms with van der Waals surface area (Å²) < 4.78 is 11.2. The number of carbonyl (C=O) groups excluding carboxylic acids is 1. The molecule has 3 N–H and O–H groups in total. The molecule has 1 aromatic carbocycles. The van der Waals surface area contributed by atoms with Gasteiger partial charge in [0, 0.05) is 26.1 Å². The average molecular weight is 421 g/mol. The molecule has 0 aromatic heterocycles. The first kappa shape index (κ1) is 22.8. The van der Waals surface area contributed by atoms with E-state index >= 15 is 0 Å². The quantitative estimate of drug-likeness (QED) is 0.476. The van der Waals surface area contributed by atoms with Crippen LogP contribution in [-0.2, 0) is 4.79 Å². The van der Waals surface area contributed by atoms with Gasteiger partial charge in [-0.15, -0.1) is 0 Å². The second-order valence-corrected chi connectivity index (χ2v) is 8.39. The van der Waals surface area contributed by atoms with Crippen LogP contribution in [0.25, 0.3) is 0 Å². The minimum Gasteiger partial charge on any atom is -0.486 e. The minimum absolute atomic E-state index is 0.0344. The fourth-order valence-electron chi connectivity index (χ4n) is 4.12. The molecule has 7 heteroatoms. The molecule has 3 rings (SSSR count). The lowest BCUT2D eigenvalue weighted by atomic mass is 10.0. The molecule has 1 saturated heterocycles. The van der Waals surface area contributed by atoms with Crippen molar-refractivity contribution in [1.82, 2.24) is 10.2 Å². The van der Waals surface area contributed by atoms with Crippen molar-refractivity contribution < 1.29 is 24.5 Å². The number of carbonyl (C=O) groups is 1. The molecule has 1 fully saturated rings. The smallest absolute Gasteiger partial charge is 0.220 e. The molecule has 2 heterocycles. The molecule has 0 unspecified atom stereocenters. The largest absolute Gasteiger partial charge is 0.486 e. The highest BCUT2D eigenvalue weighted by Crippen LogP contribution is 2.33. The highest BCUT2D eigenvalue weighted by molar-refractivity contribution is 5.76. The summed E-state index contributed by atoms with van der Waals surface area (Å²) in [6, 6.07) is 4.96. The van der Waals surface area contributed by atoms with Crippen LogP contribution in [0, 0.1) is 0 Å². The third-order valence-electron chi connectivity index (χ3n) is 5.85. The maximum atomic E-state index is 12.6. The summed E-state index contributed by atoms with van der Waals surface area (Å²) in [6.45, 7) is 5.00. The molecule has 0 spiro atoms. The number of hydrogen-bond acceptors (Lipinski definition) is 6. The summed E-state index contributed by atoms with van der Waals surface area (Å²) in [6.07, 6.45) is 5.42. The van der Waals surface area contributed by atoms with E-state index in [-0.39, 0.29) is 12.0 Å². The standard InChI is InChI=1S/C23H36N2O5/c1-2-3-4-5-6-7-22(27)24-19(16-25-11-10-18(26)15-25)23(28)17-8-9-20-21(14-17)30-13-12-29-20/h8-9,14,18-19,23,26,28H,2-7,10-13,15-16H2,1H3,(H,24,27)/t18-,19+,23+/m0/s1. The molecule has 2 aliphatic heterocycles. The van der Waals surface area contributed by atoms with E-state index in [1.165, 1.54) is 12.8 Å². The van der Waals surface area contributed by atoms with Crippen molar-refractivity contribution >= 4 is 5.91 Å². The van der Waals surface area contributed by atoms with E-state index in [1.807, 2.05) is 6.07 Å². The molecular formula is C23H36N2O5. The fraction of sp³-hybridized carbons (Fsp3) is 0.696. The molecule has 2 aliphatic rings. The Balaban J connectivity index is 1.63. The highest BCUT2D eigenvalue weighted by Gasteiger charge is 2.29. The van der Waals surface area contributed by atoms with Crippen LogP contribution in [-0.4, -0.2) is 66.0 Å². The number of unbranched alkanes of at least 4 members (excludes halogenated alkanes) is 4. The molecule has 0 bridgehead atoms. The average Bonchev–Trinajstić information content (AvgIpc) is 3.17. The zero-order chi connectivity index (χ0) is 21.3. The van der Waals surface area contributed by atoms with E-state index in [2.05, 4.69) is 17.1 Å². The number of rotatable bonds is 11. The van der Waals surface area contributed by atoms with Crippen LogP contribution in [0.3, 0.4) is 0 Å². The molecule has 7 nitrogen and oxygen atoms in total. The minimum atomic E-state index is -0.873. The summed E-state index contributed by atoms with van der Waals surface area (Å²) in [5.74, 6) is 1.26. The van der Waals surface area contributed by atoms with Gasteiger partial charge in [0.2, 0.25) is 5.91 Å². The van der Waals surface area contributed by atoms with Gasteiger partial charge in [-0.3, -0.25) is 9.69 Å². The topological polar surface area (TPSA) is 91.3 Å². The molecule has 1 aromatic rings. The van der Waals surface area contributed by atoms with Gasteiger partial charge >= 0.3 is 0 Å². The van der Waals surface area contributed by atoms with Gasteiger partial charge in [-0.05, 0) is 30.5 Å². The van der Waals surface area contributed by atoms with Crippen LogP contribution in [0.2, 0.25) is 0 Å². The monoisotopic (exact) mass is 420 g/mol. The van der Waals surface area contributed by atoms with Gasteiger partial charge in [0.1, 0.15) is 19.3 Å². The zero-order valence-corrected chi connectivity index (χ0v) is 18.0. The second-order valence-electron chi connectivity index (χ2n) is 8.39. The third kappa shape index (κ3) is 6.59. The number of ether oxygens (including phenoxy) is 2. The lowest BCUT2D eigenvalue weighted by molar-refractivity contribution is -0.123. The number of likely N-dealkylation sites (tertiary alicyclic amines) is 1. The maximum absolute atomic E-state index is 12.6. The van der Waals surface area contributed by atoms with Crippen LogP contribution in [0.15, 0.2) is 18.2 Å². The van der Waals surface area contributed by atoms with E-state index in [0.29, 0.717) is 49.8 Å². The van der Waals surface area contributed by atoms with Gasteiger partial charge in [-0.1, -0.05) is 38.7 Å². The van der Waals surface area contributed by atoms with Gasteiger partial charge < -0.3 is 25.0 Å². The SMILES string of the molecule is CCCCCCCC(=O)N[C@H](CN1CC[C@H](O)C1)[C@H](O)c1ccc2c(c1)OCCO2. The van der Waals surface area contributed by atoms with Crippen molar-refractivity contribution in [3.63, 3.8) is 0 Å². The normalized spacial score (nSPS) is 20.7. The number of aliphatic hydroxyl groups excluding tert-OH is 2. The number of nitrogens with zero attached hydrogens (tertiary/aromatic N) is 1.